The molecule has 0 N–H and O–H groups in total. The number of likely N-dealkylation sites (tertiary alicyclic amines) is 1. The number of rotatable bonds is 7. The van der Waals surface area contributed by atoms with E-state index in [4.69, 9.17) is 9.47 Å². The van der Waals surface area contributed by atoms with Gasteiger partial charge in [-0.3, -0.25) is 0 Å². The van der Waals surface area contributed by atoms with Gasteiger partial charge < -0.3 is 14.4 Å². The monoisotopic (exact) mass is 375 g/mol. The van der Waals surface area contributed by atoms with E-state index in [2.05, 4.69) is 11.0 Å². The maximum absolute atomic E-state index is 12.5. The first-order chi connectivity index (χ1) is 12.5. The van der Waals surface area contributed by atoms with Crippen LogP contribution in [0.3, 0.4) is 0 Å². The minimum absolute atomic E-state index is 0.138. The highest BCUT2D eigenvalue weighted by atomic mass is 32.2. The Bertz CT molecular complexity index is 836. The zero-order valence-electron chi connectivity index (χ0n) is 15.2. The molecule has 3 rings (SSSR count). The molecule has 1 saturated heterocycles. The minimum atomic E-state index is -3.24. The molecule has 0 radical (unpaired) electrons. The molecule has 0 aliphatic carbocycles. The fourth-order valence-electron chi connectivity index (χ4n) is 3.52. The molecule has 0 saturated carbocycles. The van der Waals surface area contributed by atoms with Crippen LogP contribution in [0.15, 0.2) is 53.4 Å². The number of sulfone groups is 1. The van der Waals surface area contributed by atoms with E-state index in [1.54, 1.807) is 38.5 Å². The standard InChI is InChI=1S/C20H25NO4S/c1-24-19-10-6-9-18(20(19)25-2)16-11-12-21(15-16)13-14-26(22,23)17-7-4-3-5-8-17/h3-10,16H,11-15H2,1-2H3. The minimum Gasteiger partial charge on any atom is -0.493 e. The molecule has 0 aromatic heterocycles. The fraction of sp³-hybridized carbons (Fsp3) is 0.400. The van der Waals surface area contributed by atoms with Crippen molar-refractivity contribution in [2.24, 2.45) is 0 Å². The number of hydrogen-bond acceptors (Lipinski definition) is 5. The summed E-state index contributed by atoms with van der Waals surface area (Å²) in [6.07, 6.45) is 0.981. The van der Waals surface area contributed by atoms with Gasteiger partial charge in [0.05, 0.1) is 24.9 Å². The summed E-state index contributed by atoms with van der Waals surface area (Å²) in [5, 5.41) is 0. The van der Waals surface area contributed by atoms with Gasteiger partial charge in [0.25, 0.3) is 0 Å². The molecule has 0 bridgehead atoms. The highest BCUT2D eigenvalue weighted by Gasteiger charge is 2.28. The molecule has 6 heteroatoms. The molecule has 1 aliphatic heterocycles. The van der Waals surface area contributed by atoms with Crippen molar-refractivity contribution >= 4 is 9.84 Å². The van der Waals surface area contributed by atoms with Gasteiger partial charge in [0, 0.05) is 24.6 Å². The third kappa shape index (κ3) is 4.02. The van der Waals surface area contributed by atoms with Gasteiger partial charge in [-0.25, -0.2) is 8.42 Å². The van der Waals surface area contributed by atoms with E-state index in [1.165, 1.54) is 0 Å². The zero-order valence-corrected chi connectivity index (χ0v) is 16.0. The van der Waals surface area contributed by atoms with Crippen LogP contribution in [0.4, 0.5) is 0 Å². The van der Waals surface area contributed by atoms with Crippen molar-refractivity contribution in [2.45, 2.75) is 17.2 Å². The van der Waals surface area contributed by atoms with Crippen LogP contribution in [0.2, 0.25) is 0 Å². The number of benzene rings is 2. The predicted octanol–water partition coefficient (Wildman–Crippen LogP) is 2.97. The summed E-state index contributed by atoms with van der Waals surface area (Å²) < 4.78 is 35.9. The van der Waals surface area contributed by atoms with Gasteiger partial charge in [-0.1, -0.05) is 30.3 Å². The lowest BCUT2D eigenvalue weighted by Crippen LogP contribution is -2.27. The smallest absolute Gasteiger partial charge is 0.179 e. The second-order valence-electron chi connectivity index (χ2n) is 6.50. The van der Waals surface area contributed by atoms with Gasteiger partial charge >= 0.3 is 0 Å². The summed E-state index contributed by atoms with van der Waals surface area (Å²) in [4.78, 5) is 2.61. The second kappa shape index (κ2) is 8.10. The van der Waals surface area contributed by atoms with Crippen molar-refractivity contribution in [3.63, 3.8) is 0 Å². The van der Waals surface area contributed by atoms with Crippen LogP contribution in [-0.4, -0.2) is 52.9 Å². The zero-order chi connectivity index (χ0) is 18.6. The SMILES string of the molecule is COc1cccc(C2CCN(CCS(=O)(=O)c3ccccc3)C2)c1OC. The first-order valence-corrected chi connectivity index (χ1v) is 10.4. The summed E-state index contributed by atoms with van der Waals surface area (Å²) in [7, 11) is 0.0495. The van der Waals surface area contributed by atoms with E-state index in [0.29, 0.717) is 17.4 Å². The summed E-state index contributed by atoms with van der Waals surface area (Å²) in [6, 6.07) is 14.6. The molecule has 2 aromatic carbocycles. The van der Waals surface area contributed by atoms with Crippen LogP contribution in [0.1, 0.15) is 17.9 Å². The third-order valence-corrected chi connectivity index (χ3v) is 6.63. The highest BCUT2D eigenvalue weighted by Crippen LogP contribution is 2.39. The molecule has 1 heterocycles. The summed E-state index contributed by atoms with van der Waals surface area (Å²) in [5.41, 5.74) is 1.13. The van der Waals surface area contributed by atoms with Crippen LogP contribution in [-0.2, 0) is 9.84 Å². The average Bonchev–Trinajstić information content (AvgIpc) is 3.15. The van der Waals surface area contributed by atoms with Crippen molar-refractivity contribution in [3.8, 4) is 11.5 Å². The molecule has 5 nitrogen and oxygen atoms in total. The van der Waals surface area contributed by atoms with Crippen molar-refractivity contribution in [3.05, 3.63) is 54.1 Å². The summed E-state index contributed by atoms with van der Waals surface area (Å²) >= 11 is 0. The highest BCUT2D eigenvalue weighted by molar-refractivity contribution is 7.91. The Labute approximate surface area is 155 Å². The van der Waals surface area contributed by atoms with Crippen molar-refractivity contribution < 1.29 is 17.9 Å². The van der Waals surface area contributed by atoms with Crippen molar-refractivity contribution in [1.29, 1.82) is 0 Å². The molecule has 0 spiro atoms. The Morgan fingerprint density at radius 1 is 1.04 bits per heavy atom. The topological polar surface area (TPSA) is 55.8 Å². The Morgan fingerprint density at radius 2 is 1.81 bits per heavy atom. The lowest BCUT2D eigenvalue weighted by Gasteiger charge is -2.19. The molecular formula is C20H25NO4S. The third-order valence-electron chi connectivity index (χ3n) is 4.92. The molecule has 26 heavy (non-hydrogen) atoms. The van der Waals surface area contributed by atoms with Crippen LogP contribution in [0, 0.1) is 0 Å². The first kappa shape index (κ1) is 18.7. The van der Waals surface area contributed by atoms with E-state index in [9.17, 15) is 8.42 Å². The van der Waals surface area contributed by atoms with Crippen molar-refractivity contribution in [2.75, 3.05) is 39.6 Å². The number of hydrogen-bond donors (Lipinski definition) is 0. The normalized spacial score (nSPS) is 18.0. The van der Waals surface area contributed by atoms with E-state index >= 15 is 0 Å². The lowest BCUT2D eigenvalue weighted by molar-refractivity contribution is 0.341. The van der Waals surface area contributed by atoms with Crippen LogP contribution in [0.5, 0.6) is 11.5 Å². The second-order valence-corrected chi connectivity index (χ2v) is 8.61. The summed E-state index contributed by atoms with van der Waals surface area (Å²) in [6.45, 7) is 2.25. The Balaban J connectivity index is 1.65. The van der Waals surface area contributed by atoms with E-state index in [0.717, 1.165) is 36.6 Å². The molecule has 1 aliphatic rings. The lowest BCUT2D eigenvalue weighted by atomic mass is 9.97. The maximum Gasteiger partial charge on any atom is 0.179 e. The molecule has 0 amide bonds. The molecule has 1 unspecified atom stereocenters. The van der Waals surface area contributed by atoms with Crippen LogP contribution < -0.4 is 9.47 Å². The molecule has 140 valence electrons. The Kier molecular flexibility index (Phi) is 5.84. The maximum atomic E-state index is 12.5. The Hall–Kier alpha value is -2.05. The molecule has 2 aromatic rings. The predicted molar refractivity (Wildman–Crippen MR) is 102 cm³/mol. The van der Waals surface area contributed by atoms with Gasteiger partial charge in [-0.2, -0.15) is 0 Å². The van der Waals surface area contributed by atoms with Gasteiger partial charge in [0.1, 0.15) is 0 Å². The van der Waals surface area contributed by atoms with Crippen LogP contribution >= 0.6 is 0 Å². The number of ether oxygens (including phenoxy) is 2. The number of methoxy groups -OCH3 is 2. The number of para-hydroxylation sites is 1. The largest absolute Gasteiger partial charge is 0.493 e. The van der Waals surface area contributed by atoms with Gasteiger partial charge in [-0.15, -0.1) is 0 Å². The molecule has 1 atom stereocenters. The molecule has 1 fully saturated rings. The van der Waals surface area contributed by atoms with Crippen molar-refractivity contribution in [1.82, 2.24) is 4.90 Å². The van der Waals surface area contributed by atoms with Gasteiger partial charge in [0.15, 0.2) is 21.3 Å². The van der Waals surface area contributed by atoms with Crippen LogP contribution in [0.25, 0.3) is 0 Å². The van der Waals surface area contributed by atoms with Gasteiger partial charge in [0.2, 0.25) is 0 Å². The van der Waals surface area contributed by atoms with E-state index in [-0.39, 0.29) is 5.75 Å². The quantitative estimate of drug-likeness (QED) is 0.745. The van der Waals surface area contributed by atoms with E-state index < -0.39 is 9.84 Å². The fourth-order valence-corrected chi connectivity index (χ4v) is 4.82. The average molecular weight is 375 g/mol. The van der Waals surface area contributed by atoms with Gasteiger partial charge in [-0.05, 0) is 31.2 Å². The summed E-state index contributed by atoms with van der Waals surface area (Å²) in [5.74, 6) is 1.97. The first-order valence-electron chi connectivity index (χ1n) is 8.76. The molecular weight excluding hydrogens is 350 g/mol. The Morgan fingerprint density at radius 3 is 2.50 bits per heavy atom. The van der Waals surface area contributed by atoms with E-state index in [1.807, 2.05) is 18.2 Å². The number of nitrogens with zero attached hydrogens (tertiary/aromatic N) is 1.